The van der Waals surface area contributed by atoms with E-state index in [9.17, 15) is 14.0 Å². The Balaban J connectivity index is 2.21. The van der Waals surface area contributed by atoms with Crippen molar-refractivity contribution in [3.05, 3.63) is 52.7 Å². The third-order valence-electron chi connectivity index (χ3n) is 3.88. The first-order valence-electron chi connectivity index (χ1n) is 7.50. The molecule has 2 aromatic rings. The van der Waals surface area contributed by atoms with E-state index in [-0.39, 0.29) is 12.3 Å². The molecule has 6 nitrogen and oxygen atoms in total. The van der Waals surface area contributed by atoms with Crippen molar-refractivity contribution >= 4 is 11.9 Å². The Morgan fingerprint density at radius 3 is 2.42 bits per heavy atom. The van der Waals surface area contributed by atoms with Gasteiger partial charge in [0.25, 0.3) is 0 Å². The van der Waals surface area contributed by atoms with Crippen LogP contribution >= 0.6 is 0 Å². The summed E-state index contributed by atoms with van der Waals surface area (Å²) in [5, 5.41) is 15.6. The van der Waals surface area contributed by atoms with Gasteiger partial charge in [0, 0.05) is 5.56 Å². The van der Waals surface area contributed by atoms with E-state index < -0.39 is 23.7 Å². The molecule has 0 unspecified atom stereocenters. The number of hydrogen-bond acceptors (Lipinski definition) is 4. The number of aliphatic carboxylic acids is 1. The van der Waals surface area contributed by atoms with E-state index in [1.54, 1.807) is 20.8 Å². The largest absolute Gasteiger partial charge is 0.481 e. The number of nitrogens with one attached hydrogen (secondary N) is 1. The zero-order chi connectivity index (χ0) is 17.9. The molecule has 0 radical (unpaired) electrons. The molecule has 1 heterocycles. The molecule has 0 aliphatic rings. The Morgan fingerprint density at radius 1 is 1.29 bits per heavy atom. The minimum absolute atomic E-state index is 0.300. The van der Waals surface area contributed by atoms with Gasteiger partial charge in [-0.05, 0) is 38.5 Å². The molecule has 2 atom stereocenters. The lowest BCUT2D eigenvalue weighted by Crippen LogP contribution is -2.33. The van der Waals surface area contributed by atoms with Gasteiger partial charge in [0.2, 0.25) is 5.91 Å². The van der Waals surface area contributed by atoms with Crippen molar-refractivity contribution in [3.8, 4) is 0 Å². The molecule has 0 saturated heterocycles. The second kappa shape index (κ2) is 7.25. The number of amides is 1. The van der Waals surface area contributed by atoms with E-state index in [0.717, 1.165) is 0 Å². The van der Waals surface area contributed by atoms with Crippen LogP contribution in [0.15, 0.2) is 28.8 Å². The van der Waals surface area contributed by atoms with Gasteiger partial charge in [0.15, 0.2) is 0 Å². The van der Waals surface area contributed by atoms with E-state index >= 15 is 0 Å². The Kier molecular flexibility index (Phi) is 5.33. The van der Waals surface area contributed by atoms with Crippen LogP contribution in [0.25, 0.3) is 0 Å². The number of halogens is 1. The molecule has 7 heteroatoms. The second-order valence-corrected chi connectivity index (χ2v) is 5.67. The second-order valence-electron chi connectivity index (χ2n) is 5.67. The highest BCUT2D eigenvalue weighted by molar-refractivity contribution is 5.84. The maximum atomic E-state index is 13.1. The van der Waals surface area contributed by atoms with Gasteiger partial charge >= 0.3 is 5.97 Å². The molecule has 1 aromatic carbocycles. The zero-order valence-corrected chi connectivity index (χ0v) is 13.7. The molecular weight excluding hydrogens is 315 g/mol. The summed E-state index contributed by atoms with van der Waals surface area (Å²) in [5.74, 6) is -1.84. The SMILES string of the molecule is Cc1noc(C)c1[C@@H](C)C(=O)N[C@H](CC(=O)O)c1ccc(F)cc1. The number of aromatic nitrogens is 1. The van der Waals surface area contributed by atoms with Crippen LogP contribution in [0.2, 0.25) is 0 Å². The lowest BCUT2D eigenvalue weighted by Gasteiger charge is -2.20. The number of carbonyl (C=O) groups is 2. The minimum atomic E-state index is -1.06. The predicted molar refractivity (Wildman–Crippen MR) is 83.9 cm³/mol. The van der Waals surface area contributed by atoms with Crippen LogP contribution in [0.5, 0.6) is 0 Å². The molecule has 0 aliphatic heterocycles. The Hall–Kier alpha value is -2.70. The average molecular weight is 334 g/mol. The highest BCUT2D eigenvalue weighted by Crippen LogP contribution is 2.25. The lowest BCUT2D eigenvalue weighted by molar-refractivity contribution is -0.137. The summed E-state index contributed by atoms with van der Waals surface area (Å²) in [7, 11) is 0. The summed E-state index contributed by atoms with van der Waals surface area (Å²) in [6, 6.07) is 4.63. The molecule has 128 valence electrons. The van der Waals surface area contributed by atoms with Crippen LogP contribution in [0.4, 0.5) is 4.39 Å². The molecule has 0 fully saturated rings. The van der Waals surface area contributed by atoms with Crippen LogP contribution in [-0.4, -0.2) is 22.1 Å². The van der Waals surface area contributed by atoms with E-state index in [1.807, 2.05) is 0 Å². The third-order valence-corrected chi connectivity index (χ3v) is 3.88. The lowest BCUT2D eigenvalue weighted by atomic mass is 9.97. The van der Waals surface area contributed by atoms with E-state index in [1.165, 1.54) is 24.3 Å². The van der Waals surface area contributed by atoms with Gasteiger partial charge in [-0.15, -0.1) is 0 Å². The first-order chi connectivity index (χ1) is 11.3. The third kappa shape index (κ3) is 3.98. The Bertz CT molecular complexity index is 720. The van der Waals surface area contributed by atoms with Gasteiger partial charge in [-0.1, -0.05) is 17.3 Å². The van der Waals surface area contributed by atoms with Crippen molar-refractivity contribution in [1.82, 2.24) is 10.5 Å². The molecule has 1 amide bonds. The number of carboxylic acids is 1. The first kappa shape index (κ1) is 17.7. The van der Waals surface area contributed by atoms with Crippen molar-refractivity contribution in [2.45, 2.75) is 39.2 Å². The quantitative estimate of drug-likeness (QED) is 0.847. The summed E-state index contributed by atoms with van der Waals surface area (Å²) >= 11 is 0. The zero-order valence-electron chi connectivity index (χ0n) is 13.7. The number of carboxylic acid groups (broad SMARTS) is 1. The van der Waals surface area contributed by atoms with Gasteiger partial charge < -0.3 is 14.9 Å². The van der Waals surface area contributed by atoms with Crippen LogP contribution < -0.4 is 5.32 Å². The minimum Gasteiger partial charge on any atom is -0.481 e. The van der Waals surface area contributed by atoms with Gasteiger partial charge in [-0.2, -0.15) is 0 Å². The molecular formula is C17H19FN2O4. The topological polar surface area (TPSA) is 92.4 Å². The summed E-state index contributed by atoms with van der Waals surface area (Å²) in [6.07, 6.45) is -0.300. The van der Waals surface area contributed by atoms with Crippen LogP contribution in [0, 0.1) is 19.7 Å². The standard InChI is InChI=1S/C17H19FN2O4/c1-9(16-10(2)20-24-11(16)3)17(23)19-14(8-15(21)22)12-4-6-13(18)7-5-12/h4-7,9,14H,8H2,1-3H3,(H,19,23)(H,21,22)/t9-,14-/m1/s1. The number of aryl methyl sites for hydroxylation is 2. The highest BCUT2D eigenvalue weighted by atomic mass is 19.1. The van der Waals surface area contributed by atoms with Crippen LogP contribution in [0.3, 0.4) is 0 Å². The summed E-state index contributed by atoms with van der Waals surface area (Å²) in [5.41, 5.74) is 1.82. The molecule has 0 bridgehead atoms. The van der Waals surface area contributed by atoms with Gasteiger partial charge in [0.1, 0.15) is 11.6 Å². The molecule has 24 heavy (non-hydrogen) atoms. The number of rotatable bonds is 6. The molecule has 0 spiro atoms. The van der Waals surface area contributed by atoms with Crippen LogP contribution in [-0.2, 0) is 9.59 Å². The number of carbonyl (C=O) groups excluding carboxylic acids is 1. The van der Waals surface area contributed by atoms with E-state index in [0.29, 0.717) is 22.6 Å². The fourth-order valence-corrected chi connectivity index (χ4v) is 2.66. The summed E-state index contributed by atoms with van der Waals surface area (Å²) in [6.45, 7) is 5.16. The Morgan fingerprint density at radius 2 is 1.92 bits per heavy atom. The molecule has 0 saturated carbocycles. The molecule has 1 aromatic heterocycles. The van der Waals surface area contributed by atoms with Gasteiger partial charge in [0.05, 0.1) is 24.1 Å². The summed E-state index contributed by atoms with van der Waals surface area (Å²) in [4.78, 5) is 23.6. The van der Waals surface area contributed by atoms with Crippen LogP contribution in [0.1, 0.15) is 47.9 Å². The molecule has 0 aliphatic carbocycles. The predicted octanol–water partition coefficient (Wildman–Crippen LogP) is 2.87. The van der Waals surface area contributed by atoms with Crippen molar-refractivity contribution in [2.24, 2.45) is 0 Å². The maximum Gasteiger partial charge on any atom is 0.305 e. The number of benzene rings is 1. The Labute approximate surface area is 138 Å². The normalized spacial score (nSPS) is 13.3. The highest BCUT2D eigenvalue weighted by Gasteiger charge is 2.26. The van der Waals surface area contributed by atoms with E-state index in [2.05, 4.69) is 10.5 Å². The number of nitrogens with zero attached hydrogens (tertiary/aromatic N) is 1. The van der Waals surface area contributed by atoms with Crippen molar-refractivity contribution < 1.29 is 23.6 Å². The monoisotopic (exact) mass is 334 g/mol. The van der Waals surface area contributed by atoms with Gasteiger partial charge in [-0.25, -0.2) is 4.39 Å². The smallest absolute Gasteiger partial charge is 0.305 e. The van der Waals surface area contributed by atoms with E-state index in [4.69, 9.17) is 9.63 Å². The van der Waals surface area contributed by atoms with Crippen molar-refractivity contribution in [1.29, 1.82) is 0 Å². The summed E-state index contributed by atoms with van der Waals surface area (Å²) < 4.78 is 18.1. The molecule has 2 rings (SSSR count). The fraction of sp³-hybridized carbons (Fsp3) is 0.353. The van der Waals surface area contributed by atoms with Crippen molar-refractivity contribution in [2.75, 3.05) is 0 Å². The number of hydrogen-bond donors (Lipinski definition) is 2. The van der Waals surface area contributed by atoms with Gasteiger partial charge in [-0.3, -0.25) is 9.59 Å². The average Bonchev–Trinajstić information content (AvgIpc) is 2.85. The van der Waals surface area contributed by atoms with Crippen molar-refractivity contribution in [3.63, 3.8) is 0 Å². The maximum absolute atomic E-state index is 13.1. The first-order valence-corrected chi connectivity index (χ1v) is 7.50. The fourth-order valence-electron chi connectivity index (χ4n) is 2.66. The molecule has 2 N–H and O–H groups in total.